The zero-order valence-corrected chi connectivity index (χ0v) is 12.7. The second-order valence-corrected chi connectivity index (χ2v) is 5.56. The van der Waals surface area contributed by atoms with Gasteiger partial charge in [-0.3, -0.25) is 4.68 Å². The highest BCUT2D eigenvalue weighted by molar-refractivity contribution is 5.90. The zero-order chi connectivity index (χ0) is 14.5. The number of rotatable bonds is 6. The van der Waals surface area contributed by atoms with Crippen LogP contribution < -0.4 is 5.32 Å². The van der Waals surface area contributed by atoms with Crippen LogP contribution in [0.1, 0.15) is 55.6 Å². The smallest absolute Gasteiger partial charge is 0.341 e. The molecule has 0 spiro atoms. The summed E-state index contributed by atoms with van der Waals surface area (Å²) in [5.41, 5.74) is 1.47. The Kier molecular flexibility index (Phi) is 5.17. The summed E-state index contributed by atoms with van der Waals surface area (Å²) in [7, 11) is 1.86. The molecule has 0 bridgehead atoms. The van der Waals surface area contributed by atoms with Crippen LogP contribution in [0.2, 0.25) is 0 Å². The monoisotopic (exact) mass is 279 g/mol. The lowest BCUT2D eigenvalue weighted by Gasteiger charge is -2.20. The topological polar surface area (TPSA) is 56.1 Å². The number of hydrogen-bond acceptors (Lipinski definition) is 4. The van der Waals surface area contributed by atoms with Crippen LogP contribution in [0.5, 0.6) is 0 Å². The van der Waals surface area contributed by atoms with Crippen LogP contribution in [0, 0.1) is 5.92 Å². The van der Waals surface area contributed by atoms with Gasteiger partial charge < -0.3 is 10.1 Å². The van der Waals surface area contributed by atoms with Gasteiger partial charge in [-0.1, -0.05) is 12.8 Å². The van der Waals surface area contributed by atoms with E-state index in [9.17, 15) is 4.79 Å². The predicted octanol–water partition coefficient (Wildman–Crippen LogP) is 2.27. The first-order valence-corrected chi connectivity index (χ1v) is 7.54. The van der Waals surface area contributed by atoms with Gasteiger partial charge in [-0.2, -0.15) is 5.10 Å². The van der Waals surface area contributed by atoms with E-state index in [4.69, 9.17) is 4.74 Å². The average Bonchev–Trinajstić information content (AvgIpc) is 3.06. The maximum absolute atomic E-state index is 11.9. The minimum atomic E-state index is -0.286. The van der Waals surface area contributed by atoms with Gasteiger partial charge in [0.05, 0.1) is 18.5 Å². The fraction of sp³-hybridized carbons (Fsp3) is 0.733. The van der Waals surface area contributed by atoms with Gasteiger partial charge >= 0.3 is 5.97 Å². The lowest BCUT2D eigenvalue weighted by molar-refractivity contribution is 0.0524. The van der Waals surface area contributed by atoms with E-state index in [1.165, 1.54) is 25.7 Å². The highest BCUT2D eigenvalue weighted by atomic mass is 16.5. The molecule has 0 aliphatic heterocycles. The molecule has 112 valence electrons. The fourth-order valence-electron chi connectivity index (χ4n) is 2.93. The first kappa shape index (κ1) is 15.0. The number of aromatic nitrogens is 2. The summed E-state index contributed by atoms with van der Waals surface area (Å²) in [5.74, 6) is 0.472. The zero-order valence-electron chi connectivity index (χ0n) is 12.7. The fourth-order valence-corrected chi connectivity index (χ4v) is 2.93. The molecule has 1 N–H and O–H groups in total. The van der Waals surface area contributed by atoms with E-state index >= 15 is 0 Å². The number of carbonyl (C=O) groups is 1. The van der Waals surface area contributed by atoms with E-state index < -0.39 is 0 Å². The summed E-state index contributed by atoms with van der Waals surface area (Å²) in [4.78, 5) is 11.9. The van der Waals surface area contributed by atoms with Gasteiger partial charge in [0.2, 0.25) is 0 Å². The standard InChI is InChI=1S/C15H25N3O2/c1-4-20-15(19)13-9-17-18(3)14(13)10-16-11(2)12-7-5-6-8-12/h9,11-12,16H,4-8,10H2,1-3H3. The Morgan fingerprint density at radius 3 is 2.90 bits per heavy atom. The number of esters is 1. The maximum atomic E-state index is 11.9. The van der Waals surface area contributed by atoms with Crippen molar-refractivity contribution < 1.29 is 9.53 Å². The molecule has 1 aromatic rings. The van der Waals surface area contributed by atoms with Crippen LogP contribution in [-0.2, 0) is 18.3 Å². The van der Waals surface area contributed by atoms with Crippen LogP contribution in [0.25, 0.3) is 0 Å². The SMILES string of the molecule is CCOC(=O)c1cnn(C)c1CNC(C)C1CCCC1. The minimum Gasteiger partial charge on any atom is -0.462 e. The summed E-state index contributed by atoms with van der Waals surface area (Å²) >= 11 is 0. The molecule has 0 amide bonds. The van der Waals surface area contributed by atoms with Gasteiger partial charge in [-0.25, -0.2) is 4.79 Å². The van der Waals surface area contributed by atoms with Crippen LogP contribution in [-0.4, -0.2) is 28.4 Å². The average molecular weight is 279 g/mol. The van der Waals surface area contributed by atoms with Gasteiger partial charge in [0, 0.05) is 19.6 Å². The normalized spacial score (nSPS) is 17.4. The Morgan fingerprint density at radius 2 is 2.25 bits per heavy atom. The first-order valence-electron chi connectivity index (χ1n) is 7.54. The van der Waals surface area contributed by atoms with E-state index in [0.29, 0.717) is 24.8 Å². The Bertz CT molecular complexity index is 450. The van der Waals surface area contributed by atoms with Crippen LogP contribution in [0.15, 0.2) is 6.20 Å². The lowest BCUT2D eigenvalue weighted by Crippen LogP contribution is -2.33. The van der Waals surface area contributed by atoms with Gasteiger partial charge in [0.15, 0.2) is 0 Å². The molecule has 0 aromatic carbocycles. The summed E-state index contributed by atoms with van der Waals surface area (Å²) in [5, 5.41) is 7.71. The summed E-state index contributed by atoms with van der Waals surface area (Å²) in [6, 6.07) is 0.474. The summed E-state index contributed by atoms with van der Waals surface area (Å²) in [6.07, 6.45) is 6.90. The van der Waals surface area contributed by atoms with Crippen molar-refractivity contribution in [2.24, 2.45) is 13.0 Å². The van der Waals surface area contributed by atoms with Crippen LogP contribution >= 0.6 is 0 Å². The molecule has 5 heteroatoms. The van der Waals surface area contributed by atoms with Crippen LogP contribution in [0.3, 0.4) is 0 Å². The summed E-state index contributed by atoms with van der Waals surface area (Å²) in [6.45, 7) is 5.09. The third kappa shape index (κ3) is 3.39. The molecule has 0 radical (unpaired) electrons. The number of nitrogens with zero attached hydrogens (tertiary/aromatic N) is 2. The Hall–Kier alpha value is -1.36. The first-order chi connectivity index (χ1) is 9.63. The van der Waals surface area contributed by atoms with Crippen molar-refractivity contribution in [2.75, 3.05) is 6.61 Å². The van der Waals surface area contributed by atoms with Crippen molar-refractivity contribution in [1.29, 1.82) is 0 Å². The van der Waals surface area contributed by atoms with Crippen molar-refractivity contribution in [3.05, 3.63) is 17.5 Å². The van der Waals surface area contributed by atoms with Gasteiger partial charge in [-0.05, 0) is 32.6 Å². The molecule has 1 aliphatic rings. The van der Waals surface area contributed by atoms with Crippen molar-refractivity contribution in [2.45, 2.75) is 52.1 Å². The number of hydrogen-bond donors (Lipinski definition) is 1. The molecule has 1 atom stereocenters. The predicted molar refractivity (Wildman–Crippen MR) is 77.4 cm³/mol. The number of aryl methyl sites for hydroxylation is 1. The second-order valence-electron chi connectivity index (χ2n) is 5.56. The molecule has 20 heavy (non-hydrogen) atoms. The highest BCUT2D eigenvalue weighted by Crippen LogP contribution is 2.27. The van der Waals surface area contributed by atoms with Crippen molar-refractivity contribution in [3.63, 3.8) is 0 Å². The van der Waals surface area contributed by atoms with E-state index in [2.05, 4.69) is 17.3 Å². The van der Waals surface area contributed by atoms with Crippen molar-refractivity contribution in [1.82, 2.24) is 15.1 Å². The van der Waals surface area contributed by atoms with E-state index in [1.807, 2.05) is 14.0 Å². The molecule has 0 saturated heterocycles. The van der Waals surface area contributed by atoms with Gasteiger partial charge in [0.25, 0.3) is 0 Å². The number of carbonyl (C=O) groups excluding carboxylic acids is 1. The highest BCUT2D eigenvalue weighted by Gasteiger charge is 2.23. The molecular formula is C15H25N3O2. The largest absolute Gasteiger partial charge is 0.462 e. The molecule has 2 rings (SSSR count). The van der Waals surface area contributed by atoms with Crippen molar-refractivity contribution in [3.8, 4) is 0 Å². The Morgan fingerprint density at radius 1 is 1.55 bits per heavy atom. The molecule has 5 nitrogen and oxygen atoms in total. The third-order valence-electron chi connectivity index (χ3n) is 4.26. The molecule has 1 heterocycles. The molecule has 1 unspecified atom stereocenters. The van der Waals surface area contributed by atoms with Crippen LogP contribution in [0.4, 0.5) is 0 Å². The summed E-state index contributed by atoms with van der Waals surface area (Å²) < 4.78 is 6.82. The van der Waals surface area contributed by atoms with E-state index in [0.717, 1.165) is 11.6 Å². The molecular weight excluding hydrogens is 254 g/mol. The Balaban J connectivity index is 1.97. The second kappa shape index (κ2) is 6.88. The van der Waals surface area contributed by atoms with Crippen molar-refractivity contribution >= 4 is 5.97 Å². The van der Waals surface area contributed by atoms with Gasteiger partial charge in [0.1, 0.15) is 5.56 Å². The van der Waals surface area contributed by atoms with Gasteiger partial charge in [-0.15, -0.1) is 0 Å². The molecule has 1 aromatic heterocycles. The number of ether oxygens (including phenoxy) is 1. The van der Waals surface area contributed by atoms with E-state index in [1.54, 1.807) is 10.9 Å². The quantitative estimate of drug-likeness (QED) is 0.812. The lowest BCUT2D eigenvalue weighted by atomic mass is 10.00. The Labute approximate surface area is 120 Å². The molecule has 1 fully saturated rings. The molecule has 1 aliphatic carbocycles. The maximum Gasteiger partial charge on any atom is 0.341 e. The molecule has 1 saturated carbocycles. The number of nitrogens with one attached hydrogen (secondary N) is 1. The minimum absolute atomic E-state index is 0.286. The van der Waals surface area contributed by atoms with E-state index in [-0.39, 0.29) is 5.97 Å². The third-order valence-corrected chi connectivity index (χ3v) is 4.26.